The van der Waals surface area contributed by atoms with Crippen LogP contribution in [0.3, 0.4) is 0 Å². The molecule has 2 N–H and O–H groups in total. The smallest absolute Gasteiger partial charge is 0.414 e. The van der Waals surface area contributed by atoms with Gasteiger partial charge in [0, 0.05) is 38.9 Å². The number of hydrogen-bond donors (Lipinski definition) is 2. The molecule has 140 valence electrons. The van der Waals surface area contributed by atoms with Crippen LogP contribution in [0.2, 0.25) is 0 Å². The number of rotatable bonds is 5. The third-order valence-corrected chi connectivity index (χ3v) is 5.56. The largest absolute Gasteiger partial charge is 0.473 e. The summed E-state index contributed by atoms with van der Waals surface area (Å²) in [5, 5.41) is 14.8. The van der Waals surface area contributed by atoms with Crippen molar-refractivity contribution < 1.29 is 28.2 Å². The number of aliphatic carboxylic acids is 2. The summed E-state index contributed by atoms with van der Waals surface area (Å²) in [6, 6.07) is 5.88. The molecule has 1 aliphatic rings. The number of pyridine rings is 1. The van der Waals surface area contributed by atoms with Gasteiger partial charge in [0.05, 0.1) is 11.4 Å². The molecule has 1 aromatic heterocycles. The van der Waals surface area contributed by atoms with Crippen LogP contribution in [-0.2, 0) is 26.2 Å². The van der Waals surface area contributed by atoms with E-state index in [4.69, 9.17) is 19.8 Å². The van der Waals surface area contributed by atoms with Gasteiger partial charge in [-0.1, -0.05) is 13.0 Å². The minimum atomic E-state index is -3.04. The monoisotopic (exact) mass is 373 g/mol. The third-order valence-electron chi connectivity index (χ3n) is 3.48. The maximum Gasteiger partial charge on any atom is 0.414 e. The predicted molar refractivity (Wildman–Crippen MR) is 90.4 cm³/mol. The highest BCUT2D eigenvalue weighted by Gasteiger charge is 2.26. The van der Waals surface area contributed by atoms with Crippen molar-refractivity contribution in [1.29, 1.82) is 0 Å². The average Bonchev–Trinajstić information content (AvgIpc) is 2.57. The molecule has 0 aliphatic carbocycles. The van der Waals surface area contributed by atoms with Crippen LogP contribution in [0, 0.1) is 0 Å². The molecule has 0 amide bonds. The highest BCUT2D eigenvalue weighted by molar-refractivity contribution is 7.89. The summed E-state index contributed by atoms with van der Waals surface area (Å²) in [7, 11) is -3.04. The number of carboxylic acids is 2. The van der Waals surface area contributed by atoms with Crippen LogP contribution < -0.4 is 0 Å². The maximum absolute atomic E-state index is 11.9. The van der Waals surface area contributed by atoms with Crippen LogP contribution >= 0.6 is 0 Å². The van der Waals surface area contributed by atoms with E-state index >= 15 is 0 Å². The van der Waals surface area contributed by atoms with E-state index < -0.39 is 22.0 Å². The molecule has 1 saturated heterocycles. The van der Waals surface area contributed by atoms with E-state index in [0.717, 1.165) is 25.3 Å². The minimum Gasteiger partial charge on any atom is -0.473 e. The number of piperazine rings is 1. The molecule has 2 rings (SSSR count). The Labute approximate surface area is 146 Å². The van der Waals surface area contributed by atoms with Crippen LogP contribution in [0.5, 0.6) is 0 Å². The predicted octanol–water partition coefficient (Wildman–Crippen LogP) is 0.0946. The Morgan fingerprint density at radius 3 is 2.16 bits per heavy atom. The average molecular weight is 373 g/mol. The van der Waals surface area contributed by atoms with E-state index in [1.807, 2.05) is 25.1 Å². The van der Waals surface area contributed by atoms with Gasteiger partial charge in [-0.2, -0.15) is 4.31 Å². The zero-order valence-electron chi connectivity index (χ0n) is 14.0. The molecule has 0 bridgehead atoms. The Bertz CT molecular complexity index is 645. The summed E-state index contributed by atoms with van der Waals surface area (Å²) in [6.45, 7) is 5.43. The molecule has 1 fully saturated rings. The lowest BCUT2D eigenvalue weighted by Crippen LogP contribution is -2.48. The first-order valence-corrected chi connectivity index (χ1v) is 9.43. The van der Waals surface area contributed by atoms with Gasteiger partial charge in [0.25, 0.3) is 0 Å². The van der Waals surface area contributed by atoms with Gasteiger partial charge in [-0.25, -0.2) is 18.0 Å². The lowest BCUT2D eigenvalue weighted by atomic mass is 10.3. The summed E-state index contributed by atoms with van der Waals surface area (Å²) in [5.41, 5.74) is 1.03. The van der Waals surface area contributed by atoms with Crippen LogP contribution in [-0.4, -0.2) is 76.7 Å². The van der Waals surface area contributed by atoms with Crippen LogP contribution in [0.1, 0.15) is 19.0 Å². The van der Waals surface area contributed by atoms with Gasteiger partial charge in [0.1, 0.15) is 0 Å². The molecule has 10 heteroatoms. The molecule has 0 saturated carbocycles. The zero-order valence-corrected chi connectivity index (χ0v) is 14.9. The van der Waals surface area contributed by atoms with Crippen molar-refractivity contribution in [3.05, 3.63) is 30.1 Å². The number of sulfonamides is 1. The normalized spacial score (nSPS) is 15.9. The van der Waals surface area contributed by atoms with Gasteiger partial charge in [-0.3, -0.25) is 9.88 Å². The van der Waals surface area contributed by atoms with Gasteiger partial charge < -0.3 is 10.2 Å². The summed E-state index contributed by atoms with van der Waals surface area (Å²) >= 11 is 0. The van der Waals surface area contributed by atoms with Crippen molar-refractivity contribution >= 4 is 22.0 Å². The van der Waals surface area contributed by atoms with E-state index in [-0.39, 0.29) is 5.75 Å². The van der Waals surface area contributed by atoms with Crippen molar-refractivity contribution in [2.24, 2.45) is 0 Å². The number of aromatic nitrogens is 1. The lowest BCUT2D eigenvalue weighted by Gasteiger charge is -2.33. The van der Waals surface area contributed by atoms with Crippen LogP contribution in [0.4, 0.5) is 0 Å². The SMILES string of the molecule is CCCS(=O)(=O)N1CCN(Cc2ccccn2)CC1.O=C(O)C(=O)O. The first-order chi connectivity index (χ1) is 11.8. The summed E-state index contributed by atoms with van der Waals surface area (Å²) in [5.74, 6) is -3.39. The third kappa shape index (κ3) is 7.59. The first kappa shape index (κ1) is 21.0. The van der Waals surface area contributed by atoms with Crippen LogP contribution in [0.15, 0.2) is 24.4 Å². The Hall–Kier alpha value is -2.04. The number of nitrogens with zero attached hydrogens (tertiary/aromatic N) is 3. The quantitative estimate of drug-likeness (QED) is 0.695. The summed E-state index contributed by atoms with van der Waals surface area (Å²) in [6.07, 6.45) is 2.47. The van der Waals surface area contributed by atoms with Crippen molar-refractivity contribution in [2.75, 3.05) is 31.9 Å². The minimum absolute atomic E-state index is 0.257. The molecule has 0 radical (unpaired) electrons. The van der Waals surface area contributed by atoms with Crippen LogP contribution in [0.25, 0.3) is 0 Å². The Morgan fingerprint density at radius 2 is 1.72 bits per heavy atom. The fraction of sp³-hybridized carbons (Fsp3) is 0.533. The highest BCUT2D eigenvalue weighted by atomic mass is 32.2. The topological polar surface area (TPSA) is 128 Å². The van der Waals surface area contributed by atoms with Gasteiger partial charge >= 0.3 is 11.9 Å². The Balaban J connectivity index is 0.000000450. The summed E-state index contributed by atoms with van der Waals surface area (Å²) in [4.78, 5) is 24.7. The second-order valence-electron chi connectivity index (χ2n) is 5.42. The van der Waals surface area contributed by atoms with Crippen molar-refractivity contribution in [3.63, 3.8) is 0 Å². The van der Waals surface area contributed by atoms with Gasteiger partial charge in [0.2, 0.25) is 10.0 Å². The number of hydrogen-bond acceptors (Lipinski definition) is 6. The zero-order chi connectivity index (χ0) is 18.9. The molecular formula is C15H23N3O6S. The molecule has 0 unspecified atom stereocenters. The Kier molecular flexibility index (Phi) is 8.46. The molecule has 25 heavy (non-hydrogen) atoms. The fourth-order valence-electron chi connectivity index (χ4n) is 2.27. The molecule has 0 spiro atoms. The van der Waals surface area contributed by atoms with Gasteiger partial charge in [-0.15, -0.1) is 0 Å². The van der Waals surface area contributed by atoms with E-state index in [0.29, 0.717) is 19.5 Å². The molecule has 1 aliphatic heterocycles. The van der Waals surface area contributed by atoms with E-state index in [1.54, 1.807) is 10.5 Å². The van der Waals surface area contributed by atoms with Gasteiger partial charge in [0.15, 0.2) is 0 Å². The Morgan fingerprint density at radius 1 is 1.12 bits per heavy atom. The number of carbonyl (C=O) groups is 2. The molecule has 1 aromatic rings. The molecular weight excluding hydrogens is 350 g/mol. The van der Waals surface area contributed by atoms with Crippen molar-refractivity contribution in [2.45, 2.75) is 19.9 Å². The number of carboxylic acid groups (broad SMARTS) is 2. The van der Waals surface area contributed by atoms with Crippen molar-refractivity contribution in [1.82, 2.24) is 14.2 Å². The fourth-order valence-corrected chi connectivity index (χ4v) is 3.77. The van der Waals surface area contributed by atoms with Gasteiger partial charge in [-0.05, 0) is 18.6 Å². The molecule has 0 aromatic carbocycles. The first-order valence-electron chi connectivity index (χ1n) is 7.82. The molecule has 9 nitrogen and oxygen atoms in total. The lowest BCUT2D eigenvalue weighted by molar-refractivity contribution is -0.159. The maximum atomic E-state index is 11.9. The van der Waals surface area contributed by atoms with Crippen molar-refractivity contribution in [3.8, 4) is 0 Å². The van der Waals surface area contributed by atoms with E-state index in [2.05, 4.69) is 9.88 Å². The van der Waals surface area contributed by atoms with E-state index in [9.17, 15) is 8.42 Å². The second kappa shape index (κ2) is 10.1. The second-order valence-corrected chi connectivity index (χ2v) is 7.51. The highest BCUT2D eigenvalue weighted by Crippen LogP contribution is 2.11. The summed E-state index contributed by atoms with van der Waals surface area (Å²) < 4.78 is 25.5. The van der Waals surface area contributed by atoms with E-state index in [1.165, 1.54) is 0 Å². The molecule has 0 atom stereocenters. The molecule has 2 heterocycles. The standard InChI is InChI=1S/C13H21N3O2S.C2H2O4/c1-2-11-19(17,18)16-9-7-15(8-10-16)12-13-5-3-4-6-14-13;3-1(4)2(5)6/h3-6H,2,7-12H2,1H3;(H,3,4)(H,5,6).